The minimum atomic E-state index is 0.889. The lowest BCUT2D eigenvalue weighted by atomic mass is 9.83. The number of alkyl halides is 1. The monoisotopic (exact) mass is 230 g/mol. The fourth-order valence-corrected chi connectivity index (χ4v) is 2.09. The molecule has 0 amide bonds. The van der Waals surface area contributed by atoms with E-state index in [-0.39, 0.29) is 0 Å². The Hall–Kier alpha value is 0.220. The van der Waals surface area contributed by atoms with Gasteiger partial charge in [-0.2, -0.15) is 0 Å². The van der Waals surface area contributed by atoms with E-state index in [0.29, 0.717) is 0 Å². The highest BCUT2D eigenvalue weighted by atomic mass is 79.9. The highest BCUT2D eigenvalue weighted by Crippen LogP contribution is 2.28. The van der Waals surface area contributed by atoms with Crippen molar-refractivity contribution in [1.82, 2.24) is 0 Å². The van der Waals surface area contributed by atoms with Gasteiger partial charge in [0.25, 0.3) is 0 Å². The third-order valence-electron chi connectivity index (χ3n) is 2.74. The maximum atomic E-state index is 3.43. The van der Waals surface area contributed by atoms with Gasteiger partial charge in [0.1, 0.15) is 0 Å². The Morgan fingerprint density at radius 3 is 2.50 bits per heavy atom. The third-order valence-corrected chi connectivity index (χ3v) is 3.20. The summed E-state index contributed by atoms with van der Waals surface area (Å²) in [6.45, 7) is 2.37. The fourth-order valence-electron chi connectivity index (χ4n) is 1.83. The Labute approximate surface area is 84.6 Å². The van der Waals surface area contributed by atoms with Crippen molar-refractivity contribution >= 4 is 15.9 Å². The van der Waals surface area contributed by atoms with Crippen molar-refractivity contribution in [3.05, 3.63) is 12.2 Å². The van der Waals surface area contributed by atoms with Crippen LogP contribution in [0, 0.1) is 11.8 Å². The quantitative estimate of drug-likeness (QED) is 0.505. The highest BCUT2D eigenvalue weighted by Gasteiger charge is 2.15. The van der Waals surface area contributed by atoms with Crippen LogP contribution >= 0.6 is 15.9 Å². The molecule has 0 saturated heterocycles. The van der Waals surface area contributed by atoms with E-state index >= 15 is 0 Å². The summed E-state index contributed by atoms with van der Waals surface area (Å²) in [5, 5.41) is 1.10. The molecule has 0 spiro atoms. The summed E-state index contributed by atoms with van der Waals surface area (Å²) in [5.74, 6) is 1.87. The maximum absolute atomic E-state index is 3.43. The summed E-state index contributed by atoms with van der Waals surface area (Å²) >= 11 is 3.43. The van der Waals surface area contributed by atoms with Gasteiger partial charge in [0.15, 0.2) is 0 Å². The molecule has 1 heteroatoms. The molecule has 0 aromatic rings. The molecule has 0 aliphatic heterocycles. The first-order chi connectivity index (χ1) is 5.83. The summed E-state index contributed by atoms with van der Waals surface area (Å²) in [6, 6.07) is 0. The van der Waals surface area contributed by atoms with Gasteiger partial charge >= 0.3 is 0 Å². The van der Waals surface area contributed by atoms with E-state index in [1.807, 2.05) is 0 Å². The van der Waals surface area contributed by atoms with Crippen molar-refractivity contribution in [2.45, 2.75) is 39.0 Å². The van der Waals surface area contributed by atoms with Crippen molar-refractivity contribution in [2.75, 3.05) is 5.33 Å². The zero-order chi connectivity index (χ0) is 8.81. The Morgan fingerprint density at radius 2 is 1.92 bits per heavy atom. The second-order valence-corrected chi connectivity index (χ2v) is 4.72. The van der Waals surface area contributed by atoms with Gasteiger partial charge in [0.05, 0.1) is 0 Å². The molecule has 1 aliphatic carbocycles. The molecule has 0 aromatic heterocycles. The highest BCUT2D eigenvalue weighted by molar-refractivity contribution is 9.09. The largest absolute Gasteiger partial charge is 0.0925 e. The molecule has 0 unspecified atom stereocenters. The summed E-state index contributed by atoms with van der Waals surface area (Å²) in [4.78, 5) is 0. The fraction of sp³-hybridized carbons (Fsp3) is 0.818. The standard InChI is InChI=1S/C11H19Br/c1-10-5-7-11(8-6-10)4-2-3-9-12/h2,4,10-11H,3,5-9H2,1H3/b4-2+. The van der Waals surface area contributed by atoms with E-state index in [2.05, 4.69) is 35.0 Å². The number of rotatable bonds is 3. The normalized spacial score (nSPS) is 31.2. The molecule has 1 fully saturated rings. The second kappa shape index (κ2) is 5.80. The van der Waals surface area contributed by atoms with Gasteiger partial charge in [0, 0.05) is 5.33 Å². The van der Waals surface area contributed by atoms with Crippen molar-refractivity contribution in [2.24, 2.45) is 11.8 Å². The average Bonchev–Trinajstić information content (AvgIpc) is 2.09. The molecular weight excluding hydrogens is 212 g/mol. The first-order valence-electron chi connectivity index (χ1n) is 5.05. The molecule has 0 radical (unpaired) electrons. The van der Waals surface area contributed by atoms with Crippen molar-refractivity contribution < 1.29 is 0 Å². The smallest absolute Gasteiger partial charge is 0.00659 e. The first kappa shape index (κ1) is 10.3. The van der Waals surface area contributed by atoms with Crippen LogP contribution in [0.15, 0.2) is 12.2 Å². The predicted octanol–water partition coefficient (Wildman–Crippen LogP) is 4.15. The lowest BCUT2D eigenvalue weighted by Crippen LogP contribution is -2.09. The number of hydrogen-bond donors (Lipinski definition) is 0. The van der Waals surface area contributed by atoms with Crippen LogP contribution in [-0.2, 0) is 0 Å². The molecule has 0 aromatic carbocycles. The topological polar surface area (TPSA) is 0 Å². The van der Waals surface area contributed by atoms with Crippen LogP contribution in [0.3, 0.4) is 0 Å². The van der Waals surface area contributed by atoms with E-state index in [1.54, 1.807) is 0 Å². The molecule has 0 nitrogen and oxygen atoms in total. The van der Waals surface area contributed by atoms with Crippen molar-refractivity contribution in [3.63, 3.8) is 0 Å². The van der Waals surface area contributed by atoms with Crippen LogP contribution in [0.1, 0.15) is 39.0 Å². The Kier molecular flexibility index (Phi) is 4.98. The third kappa shape index (κ3) is 3.75. The molecule has 1 saturated carbocycles. The van der Waals surface area contributed by atoms with Gasteiger partial charge in [-0.25, -0.2) is 0 Å². The molecule has 0 bridgehead atoms. The number of halogens is 1. The van der Waals surface area contributed by atoms with Crippen molar-refractivity contribution in [3.8, 4) is 0 Å². The summed E-state index contributed by atoms with van der Waals surface area (Å²) in [6.07, 6.45) is 11.6. The molecule has 0 atom stereocenters. The van der Waals surface area contributed by atoms with E-state index < -0.39 is 0 Å². The Bertz CT molecular complexity index is 132. The maximum Gasteiger partial charge on any atom is 0.00659 e. The molecule has 0 heterocycles. The average molecular weight is 231 g/mol. The summed E-state index contributed by atoms with van der Waals surface area (Å²) in [5.41, 5.74) is 0. The van der Waals surface area contributed by atoms with Gasteiger partial charge in [-0.3, -0.25) is 0 Å². The van der Waals surface area contributed by atoms with E-state index in [9.17, 15) is 0 Å². The van der Waals surface area contributed by atoms with Gasteiger partial charge < -0.3 is 0 Å². The molecule has 1 aliphatic rings. The first-order valence-corrected chi connectivity index (χ1v) is 6.17. The Balaban J connectivity index is 2.17. The second-order valence-electron chi connectivity index (χ2n) is 3.93. The summed E-state index contributed by atoms with van der Waals surface area (Å²) < 4.78 is 0. The zero-order valence-corrected chi connectivity index (χ0v) is 9.52. The van der Waals surface area contributed by atoms with Gasteiger partial charge in [-0.15, -0.1) is 0 Å². The Morgan fingerprint density at radius 1 is 1.25 bits per heavy atom. The molecule has 1 rings (SSSR count). The van der Waals surface area contributed by atoms with Crippen LogP contribution in [0.2, 0.25) is 0 Å². The van der Waals surface area contributed by atoms with Crippen LogP contribution in [0.5, 0.6) is 0 Å². The summed E-state index contributed by atoms with van der Waals surface area (Å²) in [7, 11) is 0. The van der Waals surface area contributed by atoms with E-state index in [0.717, 1.165) is 17.2 Å². The minimum absolute atomic E-state index is 0.889. The van der Waals surface area contributed by atoms with Crippen LogP contribution in [-0.4, -0.2) is 5.33 Å². The lowest BCUT2D eigenvalue weighted by molar-refractivity contribution is 0.330. The number of allylic oxidation sites excluding steroid dienone is 2. The molecule has 12 heavy (non-hydrogen) atoms. The zero-order valence-electron chi connectivity index (χ0n) is 7.93. The lowest BCUT2D eigenvalue weighted by Gasteiger charge is -2.23. The molecular formula is C11H19Br. The SMILES string of the molecule is CC1CCC(/C=C/CCBr)CC1. The van der Waals surface area contributed by atoms with Crippen LogP contribution in [0.4, 0.5) is 0 Å². The minimum Gasteiger partial charge on any atom is -0.0925 e. The number of hydrogen-bond acceptors (Lipinski definition) is 0. The van der Waals surface area contributed by atoms with Crippen LogP contribution in [0.25, 0.3) is 0 Å². The molecule has 0 N–H and O–H groups in total. The van der Waals surface area contributed by atoms with E-state index in [4.69, 9.17) is 0 Å². The molecule has 70 valence electrons. The predicted molar refractivity (Wildman–Crippen MR) is 58.7 cm³/mol. The van der Waals surface area contributed by atoms with Gasteiger partial charge in [-0.05, 0) is 31.1 Å². The van der Waals surface area contributed by atoms with Crippen molar-refractivity contribution in [1.29, 1.82) is 0 Å². The van der Waals surface area contributed by atoms with Gasteiger partial charge in [0.2, 0.25) is 0 Å². The van der Waals surface area contributed by atoms with Crippen LogP contribution < -0.4 is 0 Å². The van der Waals surface area contributed by atoms with E-state index in [1.165, 1.54) is 32.1 Å². The van der Waals surface area contributed by atoms with Gasteiger partial charge in [-0.1, -0.05) is 47.8 Å².